The van der Waals surface area contributed by atoms with Crippen molar-refractivity contribution in [3.8, 4) is 5.75 Å². The number of carbonyl (C=O) groups is 3. The molecule has 0 N–H and O–H groups in total. The van der Waals surface area contributed by atoms with Crippen LogP contribution < -0.4 is 4.74 Å². The zero-order valence-electron chi connectivity index (χ0n) is 17.0. The summed E-state index contributed by atoms with van der Waals surface area (Å²) in [6.45, 7) is 2.12. The van der Waals surface area contributed by atoms with Crippen molar-refractivity contribution in [1.82, 2.24) is 0 Å². The SMILES string of the molecule is CC(=O)SCCCCCC(=O)CCCOCCOC(=O)Oc1ccc([N+](=O)[O-])cc1. The Morgan fingerprint density at radius 2 is 1.67 bits per heavy atom. The summed E-state index contributed by atoms with van der Waals surface area (Å²) < 4.78 is 15.0. The van der Waals surface area contributed by atoms with Gasteiger partial charge in [-0.2, -0.15) is 0 Å². The lowest BCUT2D eigenvalue weighted by Crippen LogP contribution is -2.15. The molecule has 0 aliphatic heterocycles. The van der Waals surface area contributed by atoms with Crippen LogP contribution in [0.2, 0.25) is 0 Å². The van der Waals surface area contributed by atoms with Crippen LogP contribution in [0.1, 0.15) is 45.4 Å². The fraction of sp³-hybridized carbons (Fsp3) is 0.550. The molecule has 1 aromatic carbocycles. The van der Waals surface area contributed by atoms with Crippen LogP contribution in [0.3, 0.4) is 0 Å². The van der Waals surface area contributed by atoms with Gasteiger partial charge in [-0.15, -0.1) is 0 Å². The molecule has 0 fully saturated rings. The monoisotopic (exact) mass is 441 g/mol. The predicted molar refractivity (Wildman–Crippen MR) is 112 cm³/mol. The second kappa shape index (κ2) is 15.4. The van der Waals surface area contributed by atoms with E-state index in [1.54, 1.807) is 6.92 Å². The van der Waals surface area contributed by atoms with Gasteiger partial charge in [0, 0.05) is 44.3 Å². The number of nitro benzene ring substituents is 1. The molecule has 0 heterocycles. The number of hydrogen-bond donors (Lipinski definition) is 0. The molecule has 166 valence electrons. The highest BCUT2D eigenvalue weighted by Gasteiger charge is 2.09. The fourth-order valence-electron chi connectivity index (χ4n) is 2.36. The minimum atomic E-state index is -0.927. The molecule has 30 heavy (non-hydrogen) atoms. The third-order valence-electron chi connectivity index (χ3n) is 3.85. The molecule has 0 atom stereocenters. The Morgan fingerprint density at radius 3 is 2.33 bits per heavy atom. The maximum Gasteiger partial charge on any atom is 0.513 e. The quantitative estimate of drug-likeness (QED) is 0.129. The van der Waals surface area contributed by atoms with E-state index in [4.69, 9.17) is 14.2 Å². The minimum Gasteiger partial charge on any atom is -0.432 e. The summed E-state index contributed by atoms with van der Waals surface area (Å²) >= 11 is 1.31. The van der Waals surface area contributed by atoms with Gasteiger partial charge in [0.15, 0.2) is 5.12 Å². The number of benzene rings is 1. The number of hydrogen-bond acceptors (Lipinski definition) is 9. The number of carbonyl (C=O) groups excluding carboxylic acids is 3. The van der Waals surface area contributed by atoms with E-state index in [1.165, 1.54) is 36.0 Å². The molecule has 0 unspecified atom stereocenters. The second-order valence-corrected chi connectivity index (χ2v) is 7.63. The van der Waals surface area contributed by atoms with Crippen molar-refractivity contribution in [1.29, 1.82) is 0 Å². The molecule has 0 radical (unpaired) electrons. The molecule has 0 bridgehead atoms. The van der Waals surface area contributed by atoms with Crippen molar-refractivity contribution in [2.45, 2.75) is 45.4 Å². The van der Waals surface area contributed by atoms with Crippen LogP contribution in [0, 0.1) is 10.1 Å². The van der Waals surface area contributed by atoms with Crippen LogP contribution in [0.5, 0.6) is 5.75 Å². The van der Waals surface area contributed by atoms with Crippen LogP contribution in [0.4, 0.5) is 10.5 Å². The number of ether oxygens (including phenoxy) is 3. The lowest BCUT2D eigenvalue weighted by molar-refractivity contribution is -0.384. The molecule has 10 heteroatoms. The van der Waals surface area contributed by atoms with Gasteiger partial charge in [0.25, 0.3) is 5.69 Å². The molecule has 0 amide bonds. The molecule has 1 rings (SSSR count). The molecular formula is C20H27NO8S. The van der Waals surface area contributed by atoms with Crippen LogP contribution >= 0.6 is 11.8 Å². The molecule has 0 aromatic heterocycles. The topological polar surface area (TPSA) is 122 Å². The van der Waals surface area contributed by atoms with E-state index in [9.17, 15) is 24.5 Å². The van der Waals surface area contributed by atoms with E-state index in [1.807, 2.05) is 0 Å². The molecule has 9 nitrogen and oxygen atoms in total. The lowest BCUT2D eigenvalue weighted by Gasteiger charge is -2.07. The first kappa shape index (κ1) is 25.6. The van der Waals surface area contributed by atoms with Crippen LogP contribution in [0.15, 0.2) is 24.3 Å². The molecule has 0 aliphatic rings. The van der Waals surface area contributed by atoms with Crippen molar-refractivity contribution in [2.24, 2.45) is 0 Å². The molecule has 0 spiro atoms. The minimum absolute atomic E-state index is 0.00195. The molecule has 1 aromatic rings. The van der Waals surface area contributed by atoms with Crippen molar-refractivity contribution in [3.63, 3.8) is 0 Å². The highest BCUT2D eigenvalue weighted by Crippen LogP contribution is 2.17. The Bertz CT molecular complexity index is 693. The van der Waals surface area contributed by atoms with E-state index in [0.717, 1.165) is 25.0 Å². The Balaban J connectivity index is 1.97. The molecule has 0 aliphatic carbocycles. The normalized spacial score (nSPS) is 10.4. The Morgan fingerprint density at radius 1 is 0.967 bits per heavy atom. The van der Waals surface area contributed by atoms with E-state index < -0.39 is 11.1 Å². The van der Waals surface area contributed by atoms with E-state index in [0.29, 0.717) is 25.9 Å². The van der Waals surface area contributed by atoms with Gasteiger partial charge < -0.3 is 14.2 Å². The standard InChI is InChI=1S/C20H27NO8S/c1-16(22)30-15-4-2-3-6-18(23)7-5-12-27-13-14-28-20(24)29-19-10-8-17(9-11-19)21(25)26/h8-11H,2-7,12-15H2,1H3. The summed E-state index contributed by atoms with van der Waals surface area (Å²) in [5.41, 5.74) is -0.105. The Kier molecular flexibility index (Phi) is 13.1. The first-order chi connectivity index (χ1) is 14.4. The summed E-state index contributed by atoms with van der Waals surface area (Å²) in [5, 5.41) is 10.7. The van der Waals surface area contributed by atoms with Gasteiger partial charge in [-0.1, -0.05) is 18.2 Å². The largest absolute Gasteiger partial charge is 0.513 e. The fourth-order valence-corrected chi connectivity index (χ4v) is 3.00. The summed E-state index contributed by atoms with van der Waals surface area (Å²) in [6.07, 6.45) is 3.38. The predicted octanol–water partition coefficient (Wildman–Crippen LogP) is 4.32. The first-order valence-electron chi connectivity index (χ1n) is 9.70. The van der Waals surface area contributed by atoms with Crippen LogP contribution in [-0.2, 0) is 19.1 Å². The molecule has 0 saturated heterocycles. The van der Waals surface area contributed by atoms with Gasteiger partial charge >= 0.3 is 6.16 Å². The second-order valence-electron chi connectivity index (χ2n) is 6.36. The first-order valence-corrected chi connectivity index (χ1v) is 10.7. The smallest absolute Gasteiger partial charge is 0.432 e. The van der Waals surface area contributed by atoms with E-state index >= 15 is 0 Å². The highest BCUT2D eigenvalue weighted by atomic mass is 32.2. The number of Topliss-reactive ketones (excluding diaryl/α,β-unsaturated/α-hetero) is 1. The van der Waals surface area contributed by atoms with Crippen LogP contribution in [-0.4, -0.2) is 47.6 Å². The zero-order chi connectivity index (χ0) is 22.2. The Hall–Kier alpha value is -2.46. The van der Waals surface area contributed by atoms with Gasteiger partial charge in [-0.25, -0.2) is 4.79 Å². The van der Waals surface area contributed by atoms with Gasteiger partial charge in [0.1, 0.15) is 18.1 Å². The van der Waals surface area contributed by atoms with Crippen molar-refractivity contribution < 1.29 is 33.5 Å². The van der Waals surface area contributed by atoms with Crippen molar-refractivity contribution in [3.05, 3.63) is 34.4 Å². The number of unbranched alkanes of at least 4 members (excludes halogenated alkanes) is 2. The van der Waals surface area contributed by atoms with Gasteiger partial charge in [-0.05, 0) is 31.4 Å². The summed E-state index contributed by atoms with van der Waals surface area (Å²) in [5.74, 6) is 1.14. The van der Waals surface area contributed by atoms with Gasteiger partial charge in [-0.3, -0.25) is 19.7 Å². The average molecular weight is 442 g/mol. The molecule has 0 saturated carbocycles. The zero-order valence-corrected chi connectivity index (χ0v) is 17.8. The Labute approximate surface area is 179 Å². The third-order valence-corrected chi connectivity index (χ3v) is 4.75. The van der Waals surface area contributed by atoms with Gasteiger partial charge in [0.05, 0.1) is 11.5 Å². The maximum atomic E-state index is 11.8. The number of nitro groups is 1. The average Bonchev–Trinajstić information content (AvgIpc) is 2.70. The van der Waals surface area contributed by atoms with Crippen molar-refractivity contribution >= 4 is 34.5 Å². The van der Waals surface area contributed by atoms with Crippen LogP contribution in [0.25, 0.3) is 0 Å². The lowest BCUT2D eigenvalue weighted by atomic mass is 10.1. The summed E-state index contributed by atoms with van der Waals surface area (Å²) in [7, 11) is 0. The number of ketones is 1. The van der Waals surface area contributed by atoms with E-state index in [2.05, 4.69) is 0 Å². The third kappa shape index (κ3) is 12.9. The number of thioether (sulfide) groups is 1. The van der Waals surface area contributed by atoms with Gasteiger partial charge in [0.2, 0.25) is 0 Å². The molecular weight excluding hydrogens is 414 g/mol. The number of rotatable bonds is 15. The maximum absolute atomic E-state index is 11.8. The van der Waals surface area contributed by atoms with E-state index in [-0.39, 0.29) is 35.5 Å². The number of non-ortho nitro benzene ring substituents is 1. The summed E-state index contributed by atoms with van der Waals surface area (Å²) in [4.78, 5) is 44.1. The number of nitrogens with zero attached hydrogens (tertiary/aromatic N) is 1. The van der Waals surface area contributed by atoms with Crippen molar-refractivity contribution in [2.75, 3.05) is 25.6 Å². The highest BCUT2D eigenvalue weighted by molar-refractivity contribution is 8.13. The summed E-state index contributed by atoms with van der Waals surface area (Å²) in [6, 6.07) is 5.05.